The Morgan fingerprint density at radius 2 is 1.87 bits per heavy atom. The van der Waals surface area contributed by atoms with Crippen molar-refractivity contribution in [3.8, 4) is 5.75 Å². The van der Waals surface area contributed by atoms with E-state index in [2.05, 4.69) is 11.9 Å². The third-order valence-electron chi connectivity index (χ3n) is 5.37. The number of sulfonamides is 1. The van der Waals surface area contributed by atoms with Crippen LogP contribution in [0.25, 0.3) is 0 Å². The molecule has 1 aliphatic rings. The number of nitrogens with one attached hydrogen (secondary N) is 1. The normalized spacial score (nSPS) is 14.6. The highest BCUT2D eigenvalue weighted by atomic mass is 35.5. The lowest BCUT2D eigenvalue weighted by Crippen LogP contribution is -2.36. The lowest BCUT2D eigenvalue weighted by Gasteiger charge is -2.24. The van der Waals surface area contributed by atoms with Gasteiger partial charge in [0.15, 0.2) is 0 Å². The Morgan fingerprint density at radius 3 is 2.48 bits per heavy atom. The maximum absolute atomic E-state index is 13.4. The van der Waals surface area contributed by atoms with Gasteiger partial charge in [0.25, 0.3) is 15.9 Å². The van der Waals surface area contributed by atoms with Crippen LogP contribution >= 0.6 is 11.6 Å². The molecule has 0 aliphatic heterocycles. The van der Waals surface area contributed by atoms with Crippen molar-refractivity contribution in [1.29, 1.82) is 0 Å². The van der Waals surface area contributed by atoms with E-state index in [0.717, 1.165) is 25.7 Å². The fourth-order valence-corrected chi connectivity index (χ4v) is 5.35. The summed E-state index contributed by atoms with van der Waals surface area (Å²) in [5.74, 6) is 0.265. The number of nitrogens with zero attached hydrogens (tertiary/aromatic N) is 1. The summed E-state index contributed by atoms with van der Waals surface area (Å²) < 4.78 is 33.2. The first-order valence-electron chi connectivity index (χ1n) is 10.2. The van der Waals surface area contributed by atoms with E-state index in [1.54, 1.807) is 31.4 Å². The van der Waals surface area contributed by atoms with Gasteiger partial charge in [-0.15, -0.1) is 6.58 Å². The van der Waals surface area contributed by atoms with Gasteiger partial charge >= 0.3 is 0 Å². The molecule has 0 saturated heterocycles. The first-order valence-corrected chi connectivity index (χ1v) is 12.1. The van der Waals surface area contributed by atoms with Crippen LogP contribution in [0, 0.1) is 0 Å². The van der Waals surface area contributed by atoms with E-state index >= 15 is 0 Å². The minimum absolute atomic E-state index is 0.0108. The van der Waals surface area contributed by atoms with Crippen LogP contribution in [-0.2, 0) is 10.0 Å². The van der Waals surface area contributed by atoms with Crippen molar-refractivity contribution in [2.24, 2.45) is 0 Å². The summed E-state index contributed by atoms with van der Waals surface area (Å²) in [6.07, 6.45) is 6.68. The number of hydrogen-bond donors (Lipinski definition) is 1. The molecular weight excluding hydrogens is 436 g/mol. The molecule has 1 aliphatic carbocycles. The van der Waals surface area contributed by atoms with Crippen molar-refractivity contribution in [1.82, 2.24) is 5.32 Å². The van der Waals surface area contributed by atoms with E-state index in [4.69, 9.17) is 16.3 Å². The molecule has 1 fully saturated rings. The summed E-state index contributed by atoms with van der Waals surface area (Å²) in [6, 6.07) is 11.0. The van der Waals surface area contributed by atoms with Crippen LogP contribution in [0.5, 0.6) is 5.75 Å². The Balaban J connectivity index is 1.92. The average Bonchev–Trinajstić information content (AvgIpc) is 2.78. The van der Waals surface area contributed by atoms with Gasteiger partial charge in [0, 0.05) is 6.04 Å². The van der Waals surface area contributed by atoms with Crippen molar-refractivity contribution in [2.45, 2.75) is 43.0 Å². The highest BCUT2D eigenvalue weighted by Crippen LogP contribution is 2.28. The van der Waals surface area contributed by atoms with Crippen LogP contribution < -0.4 is 14.4 Å². The van der Waals surface area contributed by atoms with Gasteiger partial charge in [-0.25, -0.2) is 8.42 Å². The van der Waals surface area contributed by atoms with Crippen LogP contribution in [0.3, 0.4) is 0 Å². The summed E-state index contributed by atoms with van der Waals surface area (Å²) >= 11 is 6.25. The van der Waals surface area contributed by atoms with E-state index in [-0.39, 0.29) is 34.0 Å². The van der Waals surface area contributed by atoms with Gasteiger partial charge < -0.3 is 10.1 Å². The molecule has 0 bridgehead atoms. The zero-order valence-corrected chi connectivity index (χ0v) is 19.1. The number of ether oxygens (including phenoxy) is 1. The Bertz CT molecular complexity index is 1030. The average molecular weight is 463 g/mol. The third kappa shape index (κ3) is 5.40. The highest BCUT2D eigenvalue weighted by molar-refractivity contribution is 7.92. The predicted octanol–water partition coefficient (Wildman–Crippen LogP) is 4.79. The van der Waals surface area contributed by atoms with Gasteiger partial charge in [-0.2, -0.15) is 0 Å². The first-order chi connectivity index (χ1) is 14.9. The molecule has 0 atom stereocenters. The lowest BCUT2D eigenvalue weighted by atomic mass is 9.95. The molecule has 2 aromatic carbocycles. The number of carbonyl (C=O) groups excluding carboxylic acids is 1. The van der Waals surface area contributed by atoms with E-state index in [1.807, 2.05) is 0 Å². The van der Waals surface area contributed by atoms with Crippen molar-refractivity contribution >= 4 is 33.2 Å². The smallest absolute Gasteiger partial charge is 0.264 e. The van der Waals surface area contributed by atoms with Crippen LogP contribution in [0.2, 0.25) is 5.02 Å². The molecule has 1 amide bonds. The molecule has 0 unspecified atom stereocenters. The van der Waals surface area contributed by atoms with E-state index in [1.165, 1.54) is 35.0 Å². The van der Waals surface area contributed by atoms with Crippen LogP contribution in [-0.4, -0.2) is 34.0 Å². The number of amides is 1. The van der Waals surface area contributed by atoms with Gasteiger partial charge in [-0.05, 0) is 55.3 Å². The topological polar surface area (TPSA) is 75.7 Å². The fraction of sp³-hybridized carbons (Fsp3) is 0.348. The minimum atomic E-state index is -3.96. The summed E-state index contributed by atoms with van der Waals surface area (Å²) in [4.78, 5) is 12.8. The summed E-state index contributed by atoms with van der Waals surface area (Å²) in [5, 5.41) is 3.21. The standard InChI is InChI=1S/C23H27ClN2O4S/c1-3-15-26(18-9-11-19(30-2)12-10-18)31(28,29)20-13-14-22(24)21(16-20)23(27)25-17-7-5-4-6-8-17/h3,9-14,16-17H,1,4-8,15H2,2H3,(H,25,27). The Kier molecular flexibility index (Phi) is 7.62. The van der Waals surface area contributed by atoms with Gasteiger partial charge in [0.1, 0.15) is 5.75 Å². The summed E-state index contributed by atoms with van der Waals surface area (Å²) in [5.41, 5.74) is 0.616. The second kappa shape index (κ2) is 10.2. The largest absolute Gasteiger partial charge is 0.497 e. The molecule has 0 spiro atoms. The molecule has 0 radical (unpaired) electrons. The Hall–Kier alpha value is -2.51. The number of rotatable bonds is 8. The maximum Gasteiger partial charge on any atom is 0.264 e. The van der Waals surface area contributed by atoms with E-state index < -0.39 is 10.0 Å². The van der Waals surface area contributed by atoms with Gasteiger partial charge in [0.05, 0.1) is 34.8 Å². The van der Waals surface area contributed by atoms with Crippen molar-refractivity contribution in [3.05, 3.63) is 65.7 Å². The number of halogens is 1. The fourth-order valence-electron chi connectivity index (χ4n) is 3.68. The monoisotopic (exact) mass is 462 g/mol. The summed E-state index contributed by atoms with van der Waals surface area (Å²) in [7, 11) is -2.42. The third-order valence-corrected chi connectivity index (χ3v) is 7.49. The first kappa shape index (κ1) is 23.2. The number of anilines is 1. The molecule has 2 aromatic rings. The predicted molar refractivity (Wildman–Crippen MR) is 124 cm³/mol. The molecule has 0 heterocycles. The van der Waals surface area contributed by atoms with E-state index in [9.17, 15) is 13.2 Å². The molecule has 3 rings (SSSR count). The second-order valence-corrected chi connectivity index (χ2v) is 9.74. The van der Waals surface area contributed by atoms with Crippen LogP contribution in [0.1, 0.15) is 42.5 Å². The van der Waals surface area contributed by atoms with Gasteiger partial charge in [0.2, 0.25) is 0 Å². The Labute approximate surface area is 188 Å². The molecule has 1 saturated carbocycles. The second-order valence-electron chi connectivity index (χ2n) is 7.47. The van der Waals surface area contributed by atoms with Crippen molar-refractivity contribution < 1.29 is 17.9 Å². The minimum Gasteiger partial charge on any atom is -0.497 e. The number of hydrogen-bond acceptors (Lipinski definition) is 4. The molecule has 31 heavy (non-hydrogen) atoms. The van der Waals surface area contributed by atoms with Crippen molar-refractivity contribution in [3.63, 3.8) is 0 Å². The molecule has 1 N–H and O–H groups in total. The van der Waals surface area contributed by atoms with Crippen molar-refractivity contribution in [2.75, 3.05) is 18.0 Å². The molecular formula is C23H27ClN2O4S. The van der Waals surface area contributed by atoms with Gasteiger partial charge in [-0.3, -0.25) is 9.10 Å². The highest BCUT2D eigenvalue weighted by Gasteiger charge is 2.27. The number of methoxy groups -OCH3 is 1. The molecule has 0 aromatic heterocycles. The molecule has 166 valence electrons. The van der Waals surface area contributed by atoms with Crippen LogP contribution in [0.15, 0.2) is 60.0 Å². The van der Waals surface area contributed by atoms with Crippen LogP contribution in [0.4, 0.5) is 5.69 Å². The molecule has 6 nitrogen and oxygen atoms in total. The number of benzene rings is 2. The number of carbonyl (C=O) groups is 1. The lowest BCUT2D eigenvalue weighted by molar-refractivity contribution is 0.0927. The van der Waals surface area contributed by atoms with Gasteiger partial charge in [-0.1, -0.05) is 36.9 Å². The zero-order chi connectivity index (χ0) is 22.4. The molecule has 8 heteroatoms. The SMILES string of the molecule is C=CCN(c1ccc(OC)cc1)S(=O)(=O)c1ccc(Cl)c(C(=O)NC2CCCCC2)c1. The Morgan fingerprint density at radius 1 is 1.19 bits per heavy atom. The zero-order valence-electron chi connectivity index (χ0n) is 17.5. The summed E-state index contributed by atoms with van der Waals surface area (Å²) in [6.45, 7) is 3.75. The quantitative estimate of drug-likeness (QED) is 0.572. The van der Waals surface area contributed by atoms with E-state index in [0.29, 0.717) is 11.4 Å². The maximum atomic E-state index is 13.4.